The molecule has 0 radical (unpaired) electrons. The summed E-state index contributed by atoms with van der Waals surface area (Å²) in [7, 11) is 0. The van der Waals surface area contributed by atoms with E-state index in [-0.39, 0.29) is 22.3 Å². The zero-order chi connectivity index (χ0) is 16.8. The minimum atomic E-state index is -0.268. The minimum Gasteiger partial charge on any atom is -0.508 e. The Balaban J connectivity index is 2.27. The monoisotopic (exact) mass is 312 g/mol. The third-order valence-corrected chi connectivity index (χ3v) is 5.01. The number of hydrogen-bond acceptors (Lipinski definition) is 3. The molecule has 3 heteroatoms. The molecule has 3 rings (SSSR count). The molecule has 0 heterocycles. The van der Waals surface area contributed by atoms with Crippen LogP contribution in [0.25, 0.3) is 0 Å². The van der Waals surface area contributed by atoms with Crippen LogP contribution in [-0.2, 0) is 10.8 Å². The van der Waals surface area contributed by atoms with E-state index in [1.165, 1.54) is 5.56 Å². The summed E-state index contributed by atoms with van der Waals surface area (Å²) in [5.74, 6) is 1.04. The zero-order valence-electron chi connectivity index (χ0n) is 14.2. The lowest BCUT2D eigenvalue weighted by molar-refractivity contribution is 0.309. The Labute approximate surface area is 137 Å². The molecule has 0 bridgehead atoms. The standard InChI is InChI=1S/C20H24O3/c1-5-23-18-16(22)11-10-15-17(18)20(4,12-19(15,2)3)13-6-8-14(21)9-7-13/h6-11,21-22H,5,12H2,1-4H3. The van der Waals surface area contributed by atoms with Gasteiger partial charge in [-0.1, -0.05) is 39.0 Å². The first-order valence-electron chi connectivity index (χ1n) is 8.09. The van der Waals surface area contributed by atoms with Gasteiger partial charge in [-0.05, 0) is 48.1 Å². The van der Waals surface area contributed by atoms with Crippen molar-refractivity contribution in [1.82, 2.24) is 0 Å². The highest BCUT2D eigenvalue weighted by Gasteiger charge is 2.48. The van der Waals surface area contributed by atoms with Crippen molar-refractivity contribution in [3.05, 3.63) is 53.1 Å². The van der Waals surface area contributed by atoms with Crippen LogP contribution in [0.5, 0.6) is 17.2 Å². The number of hydrogen-bond donors (Lipinski definition) is 2. The summed E-state index contributed by atoms with van der Waals surface area (Å²) in [6, 6.07) is 11.1. The van der Waals surface area contributed by atoms with E-state index in [1.807, 2.05) is 25.1 Å². The van der Waals surface area contributed by atoms with Crippen molar-refractivity contribution in [3.8, 4) is 17.2 Å². The fraction of sp³-hybridized carbons (Fsp3) is 0.400. The van der Waals surface area contributed by atoms with E-state index >= 15 is 0 Å². The van der Waals surface area contributed by atoms with Gasteiger partial charge in [0, 0.05) is 11.0 Å². The van der Waals surface area contributed by atoms with Gasteiger partial charge >= 0.3 is 0 Å². The van der Waals surface area contributed by atoms with Crippen molar-refractivity contribution >= 4 is 0 Å². The Morgan fingerprint density at radius 3 is 2.26 bits per heavy atom. The summed E-state index contributed by atoms with van der Waals surface area (Å²) in [5, 5.41) is 19.9. The number of phenolic OH excluding ortho intramolecular Hbond substituents is 2. The van der Waals surface area contributed by atoms with E-state index in [9.17, 15) is 10.2 Å². The van der Waals surface area contributed by atoms with E-state index in [1.54, 1.807) is 18.2 Å². The van der Waals surface area contributed by atoms with Gasteiger partial charge in [0.1, 0.15) is 5.75 Å². The van der Waals surface area contributed by atoms with Crippen LogP contribution in [-0.4, -0.2) is 16.8 Å². The van der Waals surface area contributed by atoms with E-state index < -0.39 is 0 Å². The maximum Gasteiger partial charge on any atom is 0.165 e. The largest absolute Gasteiger partial charge is 0.508 e. The van der Waals surface area contributed by atoms with Crippen molar-refractivity contribution in [3.63, 3.8) is 0 Å². The van der Waals surface area contributed by atoms with Crippen molar-refractivity contribution < 1.29 is 14.9 Å². The molecule has 122 valence electrons. The predicted octanol–water partition coefficient (Wildman–Crippen LogP) is 4.48. The first kappa shape index (κ1) is 15.7. The molecule has 0 fully saturated rings. The molecule has 3 nitrogen and oxygen atoms in total. The summed E-state index contributed by atoms with van der Waals surface area (Å²) in [5.41, 5.74) is 3.12. The van der Waals surface area contributed by atoms with Crippen LogP contribution < -0.4 is 4.74 Å². The lowest BCUT2D eigenvalue weighted by Crippen LogP contribution is -2.23. The Hall–Kier alpha value is -2.16. The molecule has 1 unspecified atom stereocenters. The highest BCUT2D eigenvalue weighted by molar-refractivity contribution is 5.62. The molecule has 1 atom stereocenters. The molecule has 23 heavy (non-hydrogen) atoms. The van der Waals surface area contributed by atoms with Gasteiger partial charge in [0.15, 0.2) is 11.5 Å². The van der Waals surface area contributed by atoms with Crippen LogP contribution in [0.2, 0.25) is 0 Å². The van der Waals surface area contributed by atoms with Gasteiger partial charge in [-0.15, -0.1) is 0 Å². The third kappa shape index (κ3) is 2.35. The van der Waals surface area contributed by atoms with Crippen molar-refractivity contribution in [1.29, 1.82) is 0 Å². The van der Waals surface area contributed by atoms with Gasteiger partial charge in [-0.2, -0.15) is 0 Å². The molecule has 0 spiro atoms. The summed E-state index contributed by atoms with van der Waals surface area (Å²) in [4.78, 5) is 0. The maximum absolute atomic E-state index is 10.3. The van der Waals surface area contributed by atoms with Crippen LogP contribution in [0.1, 0.15) is 50.8 Å². The highest BCUT2D eigenvalue weighted by atomic mass is 16.5. The fourth-order valence-electron chi connectivity index (χ4n) is 4.12. The van der Waals surface area contributed by atoms with Gasteiger partial charge in [-0.25, -0.2) is 0 Å². The van der Waals surface area contributed by atoms with E-state index in [0.29, 0.717) is 12.4 Å². The summed E-state index contributed by atoms with van der Waals surface area (Å²) >= 11 is 0. The Kier molecular flexibility index (Phi) is 3.55. The number of aromatic hydroxyl groups is 2. The van der Waals surface area contributed by atoms with Crippen LogP contribution >= 0.6 is 0 Å². The third-order valence-electron chi connectivity index (χ3n) is 5.01. The summed E-state index contributed by atoms with van der Waals surface area (Å²) in [6.07, 6.45) is 0.920. The van der Waals surface area contributed by atoms with Crippen LogP contribution in [0.4, 0.5) is 0 Å². The normalized spacial score (nSPS) is 21.9. The lowest BCUT2D eigenvalue weighted by Gasteiger charge is -2.29. The number of ether oxygens (including phenoxy) is 1. The molecule has 2 aromatic carbocycles. The fourth-order valence-corrected chi connectivity index (χ4v) is 4.12. The SMILES string of the molecule is CCOc1c(O)ccc2c1C(C)(c1ccc(O)cc1)CC2(C)C. The second-order valence-corrected chi connectivity index (χ2v) is 7.21. The molecule has 0 amide bonds. The molecule has 0 aliphatic heterocycles. The Morgan fingerprint density at radius 2 is 1.65 bits per heavy atom. The number of rotatable bonds is 3. The van der Waals surface area contributed by atoms with Gasteiger partial charge in [0.2, 0.25) is 0 Å². The minimum absolute atomic E-state index is 0.0124. The second-order valence-electron chi connectivity index (χ2n) is 7.21. The van der Waals surface area contributed by atoms with Crippen molar-refractivity contribution in [2.75, 3.05) is 6.61 Å². The van der Waals surface area contributed by atoms with Crippen molar-refractivity contribution in [2.45, 2.75) is 44.9 Å². The molecular weight excluding hydrogens is 288 g/mol. The van der Waals surface area contributed by atoms with Crippen LogP contribution in [0.15, 0.2) is 36.4 Å². The van der Waals surface area contributed by atoms with Gasteiger partial charge in [0.05, 0.1) is 6.61 Å². The van der Waals surface area contributed by atoms with E-state index in [0.717, 1.165) is 17.5 Å². The van der Waals surface area contributed by atoms with E-state index in [2.05, 4.69) is 20.8 Å². The summed E-state index contributed by atoms with van der Waals surface area (Å²) in [6.45, 7) is 9.08. The summed E-state index contributed by atoms with van der Waals surface area (Å²) < 4.78 is 5.81. The first-order chi connectivity index (χ1) is 10.8. The average molecular weight is 312 g/mol. The highest BCUT2D eigenvalue weighted by Crippen LogP contribution is 2.57. The lowest BCUT2D eigenvalue weighted by atomic mass is 9.75. The number of fused-ring (bicyclic) bond motifs is 1. The number of phenols is 2. The smallest absolute Gasteiger partial charge is 0.165 e. The topological polar surface area (TPSA) is 49.7 Å². The Bertz CT molecular complexity index is 731. The molecule has 2 aromatic rings. The first-order valence-corrected chi connectivity index (χ1v) is 8.09. The molecule has 0 aromatic heterocycles. The molecular formula is C20H24O3. The maximum atomic E-state index is 10.3. The molecule has 1 aliphatic rings. The predicted molar refractivity (Wildman–Crippen MR) is 91.5 cm³/mol. The van der Waals surface area contributed by atoms with Crippen LogP contribution in [0.3, 0.4) is 0 Å². The van der Waals surface area contributed by atoms with E-state index in [4.69, 9.17) is 4.74 Å². The van der Waals surface area contributed by atoms with Crippen molar-refractivity contribution in [2.24, 2.45) is 0 Å². The number of benzene rings is 2. The van der Waals surface area contributed by atoms with Gasteiger partial charge in [0.25, 0.3) is 0 Å². The van der Waals surface area contributed by atoms with Gasteiger partial charge < -0.3 is 14.9 Å². The molecule has 0 saturated heterocycles. The molecule has 1 aliphatic carbocycles. The van der Waals surface area contributed by atoms with Gasteiger partial charge in [-0.3, -0.25) is 0 Å². The second kappa shape index (κ2) is 5.19. The Morgan fingerprint density at radius 1 is 1.00 bits per heavy atom. The van der Waals surface area contributed by atoms with Crippen LogP contribution in [0, 0.1) is 0 Å². The quantitative estimate of drug-likeness (QED) is 0.878. The average Bonchev–Trinajstić information content (AvgIpc) is 2.70. The molecule has 0 saturated carbocycles. The molecule has 2 N–H and O–H groups in total. The zero-order valence-corrected chi connectivity index (χ0v) is 14.2.